The van der Waals surface area contributed by atoms with Crippen molar-refractivity contribution >= 4 is 5.69 Å². The van der Waals surface area contributed by atoms with Gasteiger partial charge in [-0.3, -0.25) is 0 Å². The molecule has 2 rings (SSSR count). The molecule has 1 radical (unpaired) electrons. The molecule has 0 spiro atoms. The summed E-state index contributed by atoms with van der Waals surface area (Å²) in [5.74, 6) is 0. The van der Waals surface area contributed by atoms with E-state index >= 15 is 0 Å². The monoisotopic (exact) mass is 219 g/mol. The molecule has 0 atom stereocenters. The van der Waals surface area contributed by atoms with E-state index in [1.165, 1.54) is 11.3 Å². The first-order chi connectivity index (χ1) is 7.81. The zero-order valence-electron chi connectivity index (χ0n) is 9.82. The maximum Gasteiger partial charge on any atom is 0.0472 e. The minimum absolute atomic E-state index is 0.207. The van der Waals surface area contributed by atoms with Gasteiger partial charge >= 0.3 is 0 Å². The van der Waals surface area contributed by atoms with Crippen LogP contribution in [0.25, 0.3) is 0 Å². The highest BCUT2D eigenvalue weighted by Crippen LogP contribution is 2.21. The molecule has 1 N–H and O–H groups in total. The highest BCUT2D eigenvalue weighted by atomic mass is 16.2. The second kappa shape index (κ2) is 5.32. The van der Waals surface area contributed by atoms with E-state index in [1.807, 2.05) is 12.1 Å². The SMILES string of the molecule is CN1CCN(c2cc[c]cc2CCO)CC1. The van der Waals surface area contributed by atoms with Crippen molar-refractivity contribution in [1.29, 1.82) is 0 Å². The molecule has 16 heavy (non-hydrogen) atoms. The lowest BCUT2D eigenvalue weighted by molar-refractivity contribution is 0.298. The lowest BCUT2D eigenvalue weighted by Crippen LogP contribution is -2.44. The Labute approximate surface area is 97.3 Å². The number of likely N-dealkylation sites (N-methyl/N-ethyl adjacent to an activating group) is 1. The Morgan fingerprint density at radius 3 is 2.75 bits per heavy atom. The van der Waals surface area contributed by atoms with Crippen molar-refractivity contribution in [1.82, 2.24) is 4.90 Å². The first-order valence-electron chi connectivity index (χ1n) is 5.84. The lowest BCUT2D eigenvalue weighted by atomic mass is 10.1. The van der Waals surface area contributed by atoms with Crippen molar-refractivity contribution in [2.45, 2.75) is 6.42 Å². The zero-order chi connectivity index (χ0) is 11.4. The largest absolute Gasteiger partial charge is 0.396 e. The van der Waals surface area contributed by atoms with Gasteiger partial charge in [-0.05, 0) is 37.2 Å². The first-order valence-corrected chi connectivity index (χ1v) is 5.84. The van der Waals surface area contributed by atoms with Crippen molar-refractivity contribution in [3.05, 3.63) is 29.8 Å². The smallest absolute Gasteiger partial charge is 0.0472 e. The van der Waals surface area contributed by atoms with E-state index in [9.17, 15) is 0 Å². The normalized spacial score (nSPS) is 17.8. The third-order valence-corrected chi connectivity index (χ3v) is 3.15. The van der Waals surface area contributed by atoms with Crippen molar-refractivity contribution in [3.63, 3.8) is 0 Å². The Hall–Kier alpha value is -1.06. The van der Waals surface area contributed by atoms with Crippen LogP contribution in [0.5, 0.6) is 0 Å². The van der Waals surface area contributed by atoms with E-state index in [0.29, 0.717) is 0 Å². The van der Waals surface area contributed by atoms with E-state index in [1.54, 1.807) is 0 Å². The number of rotatable bonds is 3. The fraction of sp³-hybridized carbons (Fsp3) is 0.538. The number of hydrogen-bond acceptors (Lipinski definition) is 3. The summed E-state index contributed by atoms with van der Waals surface area (Å²) in [5.41, 5.74) is 2.47. The highest BCUT2D eigenvalue weighted by molar-refractivity contribution is 5.53. The van der Waals surface area contributed by atoms with Crippen molar-refractivity contribution in [2.75, 3.05) is 44.7 Å². The molecule has 0 aromatic heterocycles. The molecule has 0 amide bonds. The van der Waals surface area contributed by atoms with Crippen LogP contribution in [0.1, 0.15) is 5.56 Å². The van der Waals surface area contributed by atoms with Gasteiger partial charge in [0, 0.05) is 38.5 Å². The number of nitrogens with zero attached hydrogens (tertiary/aromatic N) is 2. The summed E-state index contributed by atoms with van der Waals surface area (Å²) in [6.45, 7) is 4.56. The van der Waals surface area contributed by atoms with Crippen LogP contribution < -0.4 is 4.90 Å². The van der Waals surface area contributed by atoms with Crippen LogP contribution >= 0.6 is 0 Å². The predicted octanol–water partition coefficient (Wildman–Crippen LogP) is 0.773. The van der Waals surface area contributed by atoms with E-state index in [4.69, 9.17) is 5.11 Å². The van der Waals surface area contributed by atoms with Gasteiger partial charge in [0.05, 0.1) is 0 Å². The molecular formula is C13H19N2O. The standard InChI is InChI=1S/C13H19N2O/c1-14-7-9-15(10-8-14)13-5-3-2-4-12(13)6-11-16/h3-5,16H,6-11H2,1H3. The summed E-state index contributed by atoms with van der Waals surface area (Å²) in [4.78, 5) is 4.75. The molecule has 0 saturated carbocycles. The number of anilines is 1. The number of piperazine rings is 1. The third kappa shape index (κ3) is 2.54. The van der Waals surface area contributed by atoms with E-state index in [-0.39, 0.29) is 6.61 Å². The molecule has 1 saturated heterocycles. The highest BCUT2D eigenvalue weighted by Gasteiger charge is 2.16. The Kier molecular flexibility index (Phi) is 3.80. The Balaban J connectivity index is 2.13. The predicted molar refractivity (Wildman–Crippen MR) is 65.8 cm³/mol. The van der Waals surface area contributed by atoms with Crippen LogP contribution in [0.15, 0.2) is 18.2 Å². The molecule has 1 aromatic carbocycles. The molecule has 1 aromatic rings. The average molecular weight is 219 g/mol. The Morgan fingerprint density at radius 2 is 2.06 bits per heavy atom. The van der Waals surface area contributed by atoms with Gasteiger partial charge in [0.1, 0.15) is 0 Å². The summed E-state index contributed by atoms with van der Waals surface area (Å²) in [5, 5.41) is 9.04. The first kappa shape index (κ1) is 11.4. The molecule has 1 fully saturated rings. The fourth-order valence-electron chi connectivity index (χ4n) is 2.13. The van der Waals surface area contributed by atoms with Gasteiger partial charge < -0.3 is 14.9 Å². The Morgan fingerprint density at radius 1 is 1.31 bits per heavy atom. The number of benzene rings is 1. The minimum atomic E-state index is 0.207. The maximum atomic E-state index is 9.04. The van der Waals surface area contributed by atoms with Crippen molar-refractivity contribution in [3.8, 4) is 0 Å². The van der Waals surface area contributed by atoms with Gasteiger partial charge in [-0.15, -0.1) is 0 Å². The van der Waals surface area contributed by atoms with E-state index in [0.717, 1.165) is 32.6 Å². The van der Waals surface area contributed by atoms with Gasteiger partial charge in [-0.25, -0.2) is 0 Å². The van der Waals surface area contributed by atoms with Crippen LogP contribution in [0.2, 0.25) is 0 Å². The summed E-state index contributed by atoms with van der Waals surface area (Å²) in [6, 6.07) is 9.14. The van der Waals surface area contributed by atoms with Crippen molar-refractivity contribution < 1.29 is 5.11 Å². The average Bonchev–Trinajstić information content (AvgIpc) is 2.32. The minimum Gasteiger partial charge on any atom is -0.396 e. The molecule has 1 aliphatic rings. The third-order valence-electron chi connectivity index (χ3n) is 3.15. The summed E-state index contributed by atoms with van der Waals surface area (Å²) in [7, 11) is 2.16. The van der Waals surface area contributed by atoms with Crippen LogP contribution in [0.4, 0.5) is 5.69 Å². The number of aliphatic hydroxyl groups excluding tert-OH is 1. The molecule has 3 heteroatoms. The van der Waals surface area contributed by atoms with Gasteiger partial charge in [0.15, 0.2) is 0 Å². The molecule has 1 heterocycles. The van der Waals surface area contributed by atoms with Gasteiger partial charge in [0.2, 0.25) is 0 Å². The fourth-order valence-corrected chi connectivity index (χ4v) is 2.13. The van der Waals surface area contributed by atoms with Crippen molar-refractivity contribution in [2.24, 2.45) is 0 Å². The van der Waals surface area contributed by atoms with E-state index in [2.05, 4.69) is 29.0 Å². The van der Waals surface area contributed by atoms with Gasteiger partial charge in [-0.2, -0.15) is 0 Å². The number of hydrogen-bond donors (Lipinski definition) is 1. The van der Waals surface area contributed by atoms with Gasteiger partial charge in [-0.1, -0.05) is 6.07 Å². The maximum absolute atomic E-state index is 9.04. The molecule has 3 nitrogen and oxygen atoms in total. The zero-order valence-corrected chi connectivity index (χ0v) is 9.82. The van der Waals surface area contributed by atoms with Crippen LogP contribution in [0, 0.1) is 6.07 Å². The lowest BCUT2D eigenvalue weighted by Gasteiger charge is -2.35. The summed E-state index contributed by atoms with van der Waals surface area (Å²) >= 11 is 0. The van der Waals surface area contributed by atoms with Gasteiger partial charge in [0.25, 0.3) is 0 Å². The second-order valence-corrected chi connectivity index (χ2v) is 4.32. The topological polar surface area (TPSA) is 26.7 Å². The molecule has 0 bridgehead atoms. The summed E-state index contributed by atoms with van der Waals surface area (Å²) in [6.07, 6.45) is 0.721. The molecule has 0 aliphatic carbocycles. The number of aliphatic hydroxyl groups is 1. The van der Waals surface area contributed by atoms with Crippen LogP contribution in [0.3, 0.4) is 0 Å². The molecule has 0 unspecified atom stereocenters. The van der Waals surface area contributed by atoms with E-state index < -0.39 is 0 Å². The van der Waals surface area contributed by atoms with Crippen LogP contribution in [-0.2, 0) is 6.42 Å². The Bertz CT molecular complexity index is 332. The quantitative estimate of drug-likeness (QED) is 0.813. The summed E-state index contributed by atoms with van der Waals surface area (Å²) < 4.78 is 0. The van der Waals surface area contributed by atoms with Crippen LogP contribution in [-0.4, -0.2) is 49.8 Å². The second-order valence-electron chi connectivity index (χ2n) is 4.32. The molecule has 87 valence electrons. The molecule has 1 aliphatic heterocycles. The molecular weight excluding hydrogens is 200 g/mol.